The molecule has 1 aliphatic heterocycles. The largest absolute Gasteiger partial charge is 0.360 e. The third kappa shape index (κ3) is 2.01. The summed E-state index contributed by atoms with van der Waals surface area (Å²) in [5, 5.41) is 8.10. The van der Waals surface area contributed by atoms with Crippen molar-refractivity contribution in [2.45, 2.75) is 18.8 Å². The van der Waals surface area contributed by atoms with Gasteiger partial charge in [-0.2, -0.15) is 5.10 Å². The molecular weight excluding hydrogens is 292 g/mol. The molecule has 1 unspecified atom stereocenters. The van der Waals surface area contributed by atoms with E-state index in [9.17, 15) is 0 Å². The Morgan fingerprint density at radius 2 is 2.39 bits per heavy atom. The van der Waals surface area contributed by atoms with Crippen molar-refractivity contribution in [3.63, 3.8) is 0 Å². The maximum Gasteiger partial charge on any atom is 0.123 e. The van der Waals surface area contributed by atoms with E-state index in [4.69, 9.17) is 0 Å². The van der Waals surface area contributed by atoms with Crippen molar-refractivity contribution in [3.8, 4) is 11.4 Å². The Kier molecular flexibility index (Phi) is 3.26. The number of nitrogens with zero attached hydrogens (tertiary/aromatic N) is 2. The van der Waals surface area contributed by atoms with Crippen molar-refractivity contribution in [1.29, 1.82) is 0 Å². The summed E-state index contributed by atoms with van der Waals surface area (Å²) in [6, 6.07) is 4.05. The van der Waals surface area contributed by atoms with Crippen LogP contribution in [0.2, 0.25) is 0 Å². The first-order chi connectivity index (χ1) is 8.77. The summed E-state index contributed by atoms with van der Waals surface area (Å²) in [5.74, 6) is 0.550. The van der Waals surface area contributed by atoms with E-state index in [1.807, 2.05) is 24.0 Å². The van der Waals surface area contributed by atoms with Crippen molar-refractivity contribution < 1.29 is 0 Å². The summed E-state index contributed by atoms with van der Waals surface area (Å²) < 4.78 is 3.14. The average molecular weight is 309 g/mol. The highest BCUT2D eigenvalue weighted by Crippen LogP contribution is 2.35. The minimum atomic E-state index is 0.550. The van der Waals surface area contributed by atoms with Crippen molar-refractivity contribution in [2.24, 2.45) is 7.05 Å². The van der Waals surface area contributed by atoms with Crippen LogP contribution in [0.5, 0.6) is 0 Å². The van der Waals surface area contributed by atoms with E-state index in [1.165, 1.54) is 18.5 Å². The Labute approximate surface area is 115 Å². The fraction of sp³-hybridized carbons (Fsp3) is 0.462. The zero-order valence-corrected chi connectivity index (χ0v) is 12.0. The summed E-state index contributed by atoms with van der Waals surface area (Å²) in [5.41, 5.74) is 3.36. The number of hydrogen-bond donors (Lipinski definition) is 2. The molecule has 3 heterocycles. The van der Waals surface area contributed by atoms with Gasteiger partial charge < -0.3 is 10.3 Å². The van der Waals surface area contributed by atoms with Gasteiger partial charge in [0.05, 0.1) is 15.9 Å². The first kappa shape index (κ1) is 12.0. The molecule has 18 heavy (non-hydrogen) atoms. The first-order valence-corrected chi connectivity index (χ1v) is 7.13. The lowest BCUT2D eigenvalue weighted by Gasteiger charge is -2.23. The van der Waals surface area contributed by atoms with E-state index in [0.717, 1.165) is 29.0 Å². The zero-order valence-electron chi connectivity index (χ0n) is 10.4. The van der Waals surface area contributed by atoms with Gasteiger partial charge in [0.25, 0.3) is 0 Å². The van der Waals surface area contributed by atoms with Crippen LogP contribution in [0.3, 0.4) is 0 Å². The molecule has 1 aliphatic rings. The van der Waals surface area contributed by atoms with Crippen LogP contribution in [0.25, 0.3) is 11.4 Å². The average Bonchev–Trinajstić information content (AvgIpc) is 2.99. The van der Waals surface area contributed by atoms with Crippen LogP contribution in [0.15, 0.2) is 22.8 Å². The van der Waals surface area contributed by atoms with Crippen LogP contribution in [0, 0.1) is 0 Å². The number of aromatic amines is 1. The van der Waals surface area contributed by atoms with Crippen LogP contribution >= 0.6 is 15.9 Å². The topological polar surface area (TPSA) is 45.6 Å². The molecule has 96 valence electrons. The van der Waals surface area contributed by atoms with E-state index in [0.29, 0.717) is 5.92 Å². The molecule has 0 amide bonds. The molecule has 0 aliphatic carbocycles. The van der Waals surface area contributed by atoms with Gasteiger partial charge in [-0.05, 0) is 47.4 Å². The highest BCUT2D eigenvalue weighted by atomic mass is 79.9. The van der Waals surface area contributed by atoms with E-state index >= 15 is 0 Å². The molecule has 0 radical (unpaired) electrons. The number of nitrogens with one attached hydrogen (secondary N) is 2. The van der Waals surface area contributed by atoms with Crippen molar-refractivity contribution in [3.05, 3.63) is 28.5 Å². The summed E-state index contributed by atoms with van der Waals surface area (Å²) in [4.78, 5) is 3.22. The van der Waals surface area contributed by atoms with E-state index in [-0.39, 0.29) is 0 Å². The Morgan fingerprint density at radius 1 is 1.50 bits per heavy atom. The van der Waals surface area contributed by atoms with Crippen LogP contribution in [-0.2, 0) is 7.05 Å². The van der Waals surface area contributed by atoms with Gasteiger partial charge in [-0.1, -0.05) is 0 Å². The maximum absolute atomic E-state index is 4.64. The normalized spacial score (nSPS) is 20.2. The molecule has 2 aromatic heterocycles. The molecule has 0 bridgehead atoms. The Morgan fingerprint density at radius 3 is 3.06 bits per heavy atom. The number of hydrogen-bond acceptors (Lipinski definition) is 2. The van der Waals surface area contributed by atoms with Crippen LogP contribution in [-0.4, -0.2) is 27.9 Å². The van der Waals surface area contributed by atoms with E-state index in [1.54, 1.807) is 0 Å². The molecule has 1 atom stereocenters. The number of halogens is 1. The molecular formula is C13H17BrN4. The van der Waals surface area contributed by atoms with Gasteiger partial charge in [0.2, 0.25) is 0 Å². The summed E-state index contributed by atoms with van der Waals surface area (Å²) in [6.45, 7) is 2.18. The highest BCUT2D eigenvalue weighted by Gasteiger charge is 2.24. The quantitative estimate of drug-likeness (QED) is 0.896. The molecule has 1 saturated heterocycles. The molecule has 3 rings (SSSR count). The molecule has 2 N–H and O–H groups in total. The molecule has 4 nitrogen and oxygen atoms in total. The lowest BCUT2D eigenvalue weighted by molar-refractivity contribution is 0.440. The second-order valence-electron chi connectivity index (χ2n) is 4.80. The standard InChI is InChI=1S/C13H17BrN4/c1-18-13(9-4-2-6-15-8-9)11(14)12(17-18)10-5-3-7-16-10/h3,5,7,9,15-16H,2,4,6,8H2,1H3. The van der Waals surface area contributed by atoms with Gasteiger partial charge in [-0.25, -0.2) is 0 Å². The smallest absolute Gasteiger partial charge is 0.123 e. The third-order valence-electron chi connectivity index (χ3n) is 3.57. The fourth-order valence-electron chi connectivity index (χ4n) is 2.69. The van der Waals surface area contributed by atoms with Crippen LogP contribution in [0.4, 0.5) is 0 Å². The van der Waals surface area contributed by atoms with E-state index < -0.39 is 0 Å². The summed E-state index contributed by atoms with van der Waals surface area (Å²) in [7, 11) is 2.03. The second-order valence-corrected chi connectivity index (χ2v) is 5.59. The monoisotopic (exact) mass is 308 g/mol. The Bertz CT molecular complexity index is 523. The minimum absolute atomic E-state index is 0.550. The Balaban J connectivity index is 2.00. The predicted octanol–water partition coefficient (Wildman–Crippen LogP) is 2.64. The number of H-pyrrole nitrogens is 1. The zero-order chi connectivity index (χ0) is 12.5. The van der Waals surface area contributed by atoms with Crippen molar-refractivity contribution in [1.82, 2.24) is 20.1 Å². The number of piperidine rings is 1. The second kappa shape index (κ2) is 4.90. The van der Waals surface area contributed by atoms with Crippen molar-refractivity contribution >= 4 is 15.9 Å². The highest BCUT2D eigenvalue weighted by molar-refractivity contribution is 9.10. The van der Waals surface area contributed by atoms with Gasteiger partial charge >= 0.3 is 0 Å². The number of rotatable bonds is 2. The third-order valence-corrected chi connectivity index (χ3v) is 4.35. The van der Waals surface area contributed by atoms with Gasteiger partial charge in [0.15, 0.2) is 0 Å². The van der Waals surface area contributed by atoms with E-state index in [2.05, 4.69) is 37.4 Å². The van der Waals surface area contributed by atoms with Crippen molar-refractivity contribution in [2.75, 3.05) is 13.1 Å². The molecule has 0 saturated carbocycles. The molecule has 0 spiro atoms. The maximum atomic E-state index is 4.64. The lowest BCUT2D eigenvalue weighted by Crippen LogP contribution is -2.29. The van der Waals surface area contributed by atoms with Gasteiger partial charge in [-0.15, -0.1) is 0 Å². The molecule has 2 aromatic rings. The summed E-state index contributed by atoms with van der Waals surface area (Å²) >= 11 is 3.73. The van der Waals surface area contributed by atoms with Gasteiger partial charge in [0.1, 0.15) is 5.69 Å². The minimum Gasteiger partial charge on any atom is -0.360 e. The lowest BCUT2D eigenvalue weighted by atomic mass is 9.96. The summed E-state index contributed by atoms with van der Waals surface area (Å²) in [6.07, 6.45) is 4.40. The van der Waals surface area contributed by atoms with Crippen LogP contribution < -0.4 is 5.32 Å². The molecule has 5 heteroatoms. The Hall–Kier alpha value is -1.07. The number of aryl methyl sites for hydroxylation is 1. The SMILES string of the molecule is Cn1nc(-c2ccc[nH]2)c(Br)c1C1CCCNC1. The molecule has 0 aromatic carbocycles. The number of aromatic nitrogens is 3. The molecule has 1 fully saturated rings. The predicted molar refractivity (Wildman–Crippen MR) is 75.5 cm³/mol. The van der Waals surface area contributed by atoms with Gasteiger partial charge in [-0.3, -0.25) is 4.68 Å². The fourth-order valence-corrected chi connectivity index (χ4v) is 3.56. The first-order valence-electron chi connectivity index (χ1n) is 6.34. The van der Waals surface area contributed by atoms with Gasteiger partial charge in [0, 0.05) is 25.7 Å². The van der Waals surface area contributed by atoms with Crippen LogP contribution in [0.1, 0.15) is 24.5 Å².